The van der Waals surface area contributed by atoms with Crippen molar-refractivity contribution in [2.45, 2.75) is 33.1 Å². The van der Waals surface area contributed by atoms with E-state index in [1.54, 1.807) is 0 Å². The lowest BCUT2D eigenvalue weighted by atomic mass is 9.84. The first-order valence-electron chi connectivity index (χ1n) is 10.2. The van der Waals surface area contributed by atoms with Gasteiger partial charge in [0.2, 0.25) is 5.91 Å². The van der Waals surface area contributed by atoms with Crippen molar-refractivity contribution in [1.82, 2.24) is 10.2 Å². The summed E-state index contributed by atoms with van der Waals surface area (Å²) in [7, 11) is 0. The second-order valence-corrected chi connectivity index (χ2v) is 7.76. The van der Waals surface area contributed by atoms with Crippen LogP contribution in [0.1, 0.15) is 33.1 Å². The predicted octanol–water partition coefficient (Wildman–Crippen LogP) is 4.06. The highest BCUT2D eigenvalue weighted by Crippen LogP contribution is 2.28. The Bertz CT molecular complexity index is 591. The van der Waals surface area contributed by atoms with Gasteiger partial charge in [-0.25, -0.2) is 0 Å². The number of para-hydroxylation sites is 2. The summed E-state index contributed by atoms with van der Waals surface area (Å²) in [5.74, 6) is 1.26. The van der Waals surface area contributed by atoms with E-state index in [-0.39, 0.29) is 43.1 Å². The van der Waals surface area contributed by atoms with Crippen molar-refractivity contribution in [2.75, 3.05) is 56.0 Å². The molecule has 1 unspecified atom stereocenters. The molecule has 1 aromatic carbocycles. The van der Waals surface area contributed by atoms with Gasteiger partial charge >= 0.3 is 0 Å². The molecule has 2 fully saturated rings. The van der Waals surface area contributed by atoms with Gasteiger partial charge in [-0.1, -0.05) is 26.0 Å². The van der Waals surface area contributed by atoms with Crippen molar-refractivity contribution < 1.29 is 4.79 Å². The van der Waals surface area contributed by atoms with Crippen LogP contribution in [-0.4, -0.2) is 56.6 Å². The molecule has 1 aromatic rings. The van der Waals surface area contributed by atoms with E-state index < -0.39 is 0 Å². The van der Waals surface area contributed by atoms with E-state index >= 15 is 0 Å². The first-order valence-corrected chi connectivity index (χ1v) is 10.2. The molecule has 1 atom stereocenters. The number of carbonyl (C=O) groups is 1. The Hall–Kier alpha value is -0.720. The highest BCUT2D eigenvalue weighted by molar-refractivity contribution is 5.94. The smallest absolute Gasteiger partial charge is 0.224 e. The normalized spacial score (nSPS) is 18.6. The fourth-order valence-electron chi connectivity index (χ4n) is 4.23. The molecule has 0 spiro atoms. The second-order valence-electron chi connectivity index (χ2n) is 7.76. The van der Waals surface area contributed by atoms with Gasteiger partial charge in [-0.05, 0) is 56.4 Å². The van der Waals surface area contributed by atoms with Crippen LogP contribution in [0.3, 0.4) is 0 Å². The Morgan fingerprint density at radius 3 is 2.34 bits per heavy atom. The topological polar surface area (TPSA) is 47.6 Å². The van der Waals surface area contributed by atoms with Gasteiger partial charge in [0.15, 0.2) is 0 Å². The van der Waals surface area contributed by atoms with Gasteiger partial charge in [0.05, 0.1) is 11.4 Å². The number of rotatable bonds is 6. The summed E-state index contributed by atoms with van der Waals surface area (Å²) >= 11 is 0. The van der Waals surface area contributed by atoms with E-state index in [4.69, 9.17) is 0 Å². The third-order valence-electron chi connectivity index (χ3n) is 6.03. The number of piperazine rings is 1. The average Bonchev–Trinajstić information content (AvgIpc) is 2.69. The fraction of sp³-hybridized carbons (Fsp3) is 0.667. The van der Waals surface area contributed by atoms with E-state index in [9.17, 15) is 4.79 Å². The molecule has 0 saturated carbocycles. The van der Waals surface area contributed by atoms with E-state index in [1.165, 1.54) is 12.8 Å². The summed E-state index contributed by atoms with van der Waals surface area (Å²) < 4.78 is 0. The van der Waals surface area contributed by atoms with E-state index in [1.807, 2.05) is 12.1 Å². The highest BCUT2D eigenvalue weighted by Gasteiger charge is 2.23. The van der Waals surface area contributed by atoms with Gasteiger partial charge in [-0.15, -0.1) is 37.2 Å². The Morgan fingerprint density at radius 2 is 1.72 bits per heavy atom. The third kappa shape index (κ3) is 8.14. The van der Waals surface area contributed by atoms with Crippen LogP contribution in [0.5, 0.6) is 0 Å². The molecule has 2 aliphatic rings. The molecule has 2 aliphatic heterocycles. The molecule has 0 bridgehead atoms. The van der Waals surface area contributed by atoms with Gasteiger partial charge in [-0.2, -0.15) is 0 Å². The van der Waals surface area contributed by atoms with Gasteiger partial charge in [0.1, 0.15) is 0 Å². The molecular formula is C21H37Cl3N4O. The molecular weight excluding hydrogens is 431 g/mol. The Morgan fingerprint density at radius 1 is 1.10 bits per heavy atom. The maximum atomic E-state index is 12.6. The van der Waals surface area contributed by atoms with E-state index in [0.29, 0.717) is 18.3 Å². The van der Waals surface area contributed by atoms with Crippen molar-refractivity contribution in [3.8, 4) is 0 Å². The number of hydrogen-bond donors (Lipinski definition) is 2. The number of hydrogen-bond acceptors (Lipinski definition) is 4. The molecule has 2 saturated heterocycles. The highest BCUT2D eigenvalue weighted by atomic mass is 35.5. The number of nitrogens with one attached hydrogen (secondary N) is 2. The van der Waals surface area contributed by atoms with Crippen LogP contribution in [-0.2, 0) is 4.79 Å². The Kier molecular flexibility index (Phi) is 14.0. The van der Waals surface area contributed by atoms with Gasteiger partial charge in [0.25, 0.3) is 0 Å². The minimum atomic E-state index is 0. The second kappa shape index (κ2) is 14.3. The maximum Gasteiger partial charge on any atom is 0.224 e. The first kappa shape index (κ1) is 28.3. The summed E-state index contributed by atoms with van der Waals surface area (Å²) in [5, 5.41) is 6.60. The molecule has 2 heterocycles. The fourth-order valence-corrected chi connectivity index (χ4v) is 4.23. The lowest BCUT2D eigenvalue weighted by Crippen LogP contribution is -2.46. The molecule has 0 aromatic heterocycles. The number of carbonyl (C=O) groups excluding carboxylic acids is 1. The van der Waals surface area contributed by atoms with Crippen LogP contribution < -0.4 is 15.5 Å². The standard InChI is InChI=1S/C21H34N4O.3ClH/c1-3-24-12-14-25(15-13-24)20-7-5-4-6-19(20)23-21(26)16-17(2)18-8-10-22-11-9-18;;;/h4-7,17-18,22H,3,8-16H2,1-2H3,(H,23,26);3*1H. The van der Waals surface area contributed by atoms with Crippen LogP contribution >= 0.6 is 37.2 Å². The number of halogens is 3. The lowest BCUT2D eigenvalue weighted by Gasteiger charge is -2.36. The maximum absolute atomic E-state index is 12.6. The summed E-state index contributed by atoms with van der Waals surface area (Å²) in [6, 6.07) is 8.24. The number of nitrogens with zero attached hydrogens (tertiary/aromatic N) is 2. The van der Waals surface area contributed by atoms with Gasteiger partial charge < -0.3 is 20.4 Å². The van der Waals surface area contributed by atoms with Crippen molar-refractivity contribution >= 4 is 54.5 Å². The number of anilines is 2. The molecule has 5 nitrogen and oxygen atoms in total. The van der Waals surface area contributed by atoms with Crippen molar-refractivity contribution in [3.05, 3.63) is 24.3 Å². The number of likely N-dealkylation sites (N-methyl/N-ethyl adjacent to an activating group) is 1. The summed E-state index contributed by atoms with van der Waals surface area (Å²) in [6.07, 6.45) is 2.99. The number of amides is 1. The summed E-state index contributed by atoms with van der Waals surface area (Å²) in [4.78, 5) is 17.5. The van der Waals surface area contributed by atoms with Crippen LogP contribution in [0.4, 0.5) is 11.4 Å². The molecule has 0 aliphatic carbocycles. The summed E-state index contributed by atoms with van der Waals surface area (Å²) in [5.41, 5.74) is 2.12. The average molecular weight is 468 g/mol. The van der Waals surface area contributed by atoms with Crippen LogP contribution in [0.2, 0.25) is 0 Å². The molecule has 1 amide bonds. The summed E-state index contributed by atoms with van der Waals surface area (Å²) in [6.45, 7) is 11.9. The minimum absolute atomic E-state index is 0. The van der Waals surface area contributed by atoms with Crippen LogP contribution in [0.15, 0.2) is 24.3 Å². The quantitative estimate of drug-likeness (QED) is 0.662. The largest absolute Gasteiger partial charge is 0.367 e. The lowest BCUT2D eigenvalue weighted by molar-refractivity contribution is -0.117. The van der Waals surface area contributed by atoms with E-state index in [0.717, 1.165) is 57.2 Å². The Balaban J connectivity index is 0.00000261. The van der Waals surface area contributed by atoms with Crippen molar-refractivity contribution in [3.63, 3.8) is 0 Å². The van der Waals surface area contributed by atoms with Gasteiger partial charge in [-0.3, -0.25) is 4.79 Å². The molecule has 0 radical (unpaired) electrons. The van der Waals surface area contributed by atoms with Crippen molar-refractivity contribution in [1.29, 1.82) is 0 Å². The molecule has 168 valence electrons. The molecule has 8 heteroatoms. The number of piperidine rings is 1. The van der Waals surface area contributed by atoms with Crippen LogP contribution in [0, 0.1) is 11.8 Å². The monoisotopic (exact) mass is 466 g/mol. The van der Waals surface area contributed by atoms with Gasteiger partial charge in [0, 0.05) is 32.6 Å². The zero-order chi connectivity index (χ0) is 18.4. The zero-order valence-electron chi connectivity index (χ0n) is 17.6. The molecule has 3 rings (SSSR count). The Labute approximate surface area is 194 Å². The van der Waals surface area contributed by atoms with E-state index in [2.05, 4.69) is 46.4 Å². The van der Waals surface area contributed by atoms with Crippen molar-refractivity contribution in [2.24, 2.45) is 11.8 Å². The number of benzene rings is 1. The first-order chi connectivity index (χ1) is 12.7. The predicted molar refractivity (Wildman–Crippen MR) is 131 cm³/mol. The SMILES string of the molecule is CCN1CCN(c2ccccc2NC(=O)CC(C)C2CCNCC2)CC1.Cl.Cl.Cl. The molecule has 2 N–H and O–H groups in total. The minimum Gasteiger partial charge on any atom is -0.367 e. The molecule has 29 heavy (non-hydrogen) atoms. The van der Waals surface area contributed by atoms with Crippen LogP contribution in [0.25, 0.3) is 0 Å². The third-order valence-corrected chi connectivity index (χ3v) is 6.03. The zero-order valence-corrected chi connectivity index (χ0v) is 20.0.